The molecule has 0 amide bonds. The summed E-state index contributed by atoms with van der Waals surface area (Å²) in [6, 6.07) is 6.01. The van der Waals surface area contributed by atoms with Crippen molar-refractivity contribution in [2.24, 2.45) is 11.7 Å². The number of anilines is 1. The summed E-state index contributed by atoms with van der Waals surface area (Å²) in [4.78, 5) is 6.42. The van der Waals surface area contributed by atoms with Crippen LogP contribution in [0.15, 0.2) is 18.3 Å². The van der Waals surface area contributed by atoms with E-state index in [0.717, 1.165) is 18.8 Å². The fraction of sp³-hybridized carbons (Fsp3) is 0.538. The van der Waals surface area contributed by atoms with Crippen LogP contribution in [0.1, 0.15) is 25.5 Å². The highest BCUT2D eigenvalue weighted by Gasteiger charge is 2.22. The van der Waals surface area contributed by atoms with Crippen LogP contribution >= 0.6 is 0 Å². The molecular formula is C13H18N4. The third-order valence-electron chi connectivity index (χ3n) is 3.43. The summed E-state index contributed by atoms with van der Waals surface area (Å²) in [5.74, 6) is 0.555. The van der Waals surface area contributed by atoms with Gasteiger partial charge in [0, 0.05) is 19.1 Å². The maximum atomic E-state index is 8.71. The molecule has 1 fully saturated rings. The van der Waals surface area contributed by atoms with E-state index in [4.69, 9.17) is 11.0 Å². The Morgan fingerprint density at radius 3 is 3.00 bits per heavy atom. The minimum absolute atomic E-state index is 0.240. The number of piperidine rings is 1. The second-order valence-electron chi connectivity index (χ2n) is 4.72. The minimum Gasteiger partial charge on any atom is -0.370 e. The van der Waals surface area contributed by atoms with E-state index < -0.39 is 0 Å². The Balaban J connectivity index is 2.08. The number of nitriles is 1. The molecule has 1 aliphatic rings. The standard InChI is InChI=1S/C13H18N4/c1-10(15)11-3-2-6-17(9-11)13-5-4-12(7-14)16-8-13/h4-5,8,10-11H,2-3,6,9,15H2,1H3. The zero-order valence-electron chi connectivity index (χ0n) is 10.1. The van der Waals surface area contributed by atoms with Crippen LogP contribution in [0.3, 0.4) is 0 Å². The first-order valence-electron chi connectivity index (χ1n) is 6.07. The third kappa shape index (κ3) is 2.75. The number of nitrogens with zero attached hydrogens (tertiary/aromatic N) is 3. The van der Waals surface area contributed by atoms with E-state index >= 15 is 0 Å². The Kier molecular flexibility index (Phi) is 3.60. The quantitative estimate of drug-likeness (QED) is 0.836. The first kappa shape index (κ1) is 11.9. The molecule has 0 bridgehead atoms. The third-order valence-corrected chi connectivity index (χ3v) is 3.43. The van der Waals surface area contributed by atoms with Gasteiger partial charge in [-0.2, -0.15) is 5.26 Å². The Morgan fingerprint density at radius 1 is 1.59 bits per heavy atom. The number of pyridine rings is 1. The van der Waals surface area contributed by atoms with Crippen molar-refractivity contribution >= 4 is 5.69 Å². The normalized spacial score (nSPS) is 21.9. The van der Waals surface area contributed by atoms with E-state index in [0.29, 0.717) is 11.6 Å². The predicted molar refractivity (Wildman–Crippen MR) is 67.5 cm³/mol. The molecular weight excluding hydrogens is 212 g/mol. The molecule has 4 nitrogen and oxygen atoms in total. The van der Waals surface area contributed by atoms with Gasteiger partial charge >= 0.3 is 0 Å². The Labute approximate surface area is 102 Å². The van der Waals surface area contributed by atoms with Gasteiger partial charge in [-0.3, -0.25) is 0 Å². The highest BCUT2D eigenvalue weighted by molar-refractivity contribution is 5.46. The average Bonchev–Trinajstić information content (AvgIpc) is 2.39. The molecule has 0 aromatic carbocycles. The van der Waals surface area contributed by atoms with Crippen molar-refractivity contribution in [3.8, 4) is 6.07 Å². The van der Waals surface area contributed by atoms with Crippen LogP contribution < -0.4 is 10.6 Å². The van der Waals surface area contributed by atoms with Gasteiger partial charge in [0.2, 0.25) is 0 Å². The van der Waals surface area contributed by atoms with Crippen molar-refractivity contribution in [2.75, 3.05) is 18.0 Å². The molecule has 4 heteroatoms. The van der Waals surface area contributed by atoms with E-state index in [1.54, 1.807) is 12.3 Å². The lowest BCUT2D eigenvalue weighted by Crippen LogP contribution is -2.42. The molecule has 0 aliphatic carbocycles. The number of rotatable bonds is 2. The molecule has 1 aromatic heterocycles. The van der Waals surface area contributed by atoms with E-state index in [1.807, 2.05) is 12.1 Å². The first-order valence-corrected chi connectivity index (χ1v) is 6.07. The molecule has 90 valence electrons. The van der Waals surface area contributed by atoms with Gasteiger partial charge in [0.1, 0.15) is 11.8 Å². The SMILES string of the molecule is CC(N)C1CCCN(c2ccc(C#N)nc2)C1. The van der Waals surface area contributed by atoms with Crippen LogP contribution in [0.4, 0.5) is 5.69 Å². The van der Waals surface area contributed by atoms with Gasteiger partial charge in [0.05, 0.1) is 11.9 Å². The van der Waals surface area contributed by atoms with Crippen LogP contribution in [0, 0.1) is 17.2 Å². The highest BCUT2D eigenvalue weighted by Crippen LogP contribution is 2.23. The largest absolute Gasteiger partial charge is 0.370 e. The summed E-state index contributed by atoms with van der Waals surface area (Å²) < 4.78 is 0. The lowest BCUT2D eigenvalue weighted by Gasteiger charge is -2.35. The molecule has 0 saturated carbocycles. The van der Waals surface area contributed by atoms with Crippen molar-refractivity contribution in [1.29, 1.82) is 5.26 Å². The van der Waals surface area contributed by atoms with Crippen LogP contribution in [0.5, 0.6) is 0 Å². The first-order chi connectivity index (χ1) is 8.20. The topological polar surface area (TPSA) is 65.9 Å². The van der Waals surface area contributed by atoms with Gasteiger partial charge in [0.25, 0.3) is 0 Å². The van der Waals surface area contributed by atoms with Gasteiger partial charge in [-0.25, -0.2) is 4.98 Å². The van der Waals surface area contributed by atoms with Gasteiger partial charge < -0.3 is 10.6 Å². The number of hydrogen-bond acceptors (Lipinski definition) is 4. The molecule has 2 rings (SSSR count). The second kappa shape index (κ2) is 5.15. The Morgan fingerprint density at radius 2 is 2.41 bits per heavy atom. The molecule has 2 atom stereocenters. The van der Waals surface area contributed by atoms with E-state index in [2.05, 4.69) is 16.8 Å². The van der Waals surface area contributed by atoms with Crippen molar-refractivity contribution in [2.45, 2.75) is 25.8 Å². The molecule has 1 aliphatic heterocycles. The predicted octanol–water partition coefficient (Wildman–Crippen LogP) is 1.52. The van der Waals surface area contributed by atoms with Crippen LogP contribution in [0.25, 0.3) is 0 Å². The summed E-state index contributed by atoms with van der Waals surface area (Å²) in [6.45, 7) is 4.12. The molecule has 1 aromatic rings. The molecule has 2 unspecified atom stereocenters. The lowest BCUT2D eigenvalue weighted by molar-refractivity contribution is 0.364. The molecule has 17 heavy (non-hydrogen) atoms. The van der Waals surface area contributed by atoms with E-state index in [9.17, 15) is 0 Å². The maximum Gasteiger partial charge on any atom is 0.140 e. The van der Waals surface area contributed by atoms with Crippen molar-refractivity contribution < 1.29 is 0 Å². The Bertz CT molecular complexity index is 404. The van der Waals surface area contributed by atoms with Crippen molar-refractivity contribution in [3.63, 3.8) is 0 Å². The van der Waals surface area contributed by atoms with Crippen LogP contribution in [0.2, 0.25) is 0 Å². The zero-order chi connectivity index (χ0) is 12.3. The number of hydrogen-bond donors (Lipinski definition) is 1. The van der Waals surface area contributed by atoms with Gasteiger partial charge in [-0.15, -0.1) is 0 Å². The minimum atomic E-state index is 0.240. The molecule has 1 saturated heterocycles. The monoisotopic (exact) mass is 230 g/mol. The van der Waals surface area contributed by atoms with Crippen molar-refractivity contribution in [3.05, 3.63) is 24.0 Å². The fourth-order valence-electron chi connectivity index (χ4n) is 2.31. The number of aromatic nitrogens is 1. The van der Waals surface area contributed by atoms with Gasteiger partial charge in [0.15, 0.2) is 0 Å². The van der Waals surface area contributed by atoms with Crippen LogP contribution in [-0.4, -0.2) is 24.1 Å². The molecule has 0 spiro atoms. The van der Waals surface area contributed by atoms with Crippen LogP contribution in [-0.2, 0) is 0 Å². The summed E-state index contributed by atoms with van der Waals surface area (Å²) in [7, 11) is 0. The molecule has 2 N–H and O–H groups in total. The summed E-state index contributed by atoms with van der Waals surface area (Å²) >= 11 is 0. The fourth-order valence-corrected chi connectivity index (χ4v) is 2.31. The molecule has 2 heterocycles. The van der Waals surface area contributed by atoms with Crippen molar-refractivity contribution in [1.82, 2.24) is 4.98 Å². The Hall–Kier alpha value is -1.60. The number of nitrogens with two attached hydrogens (primary N) is 1. The second-order valence-corrected chi connectivity index (χ2v) is 4.72. The lowest BCUT2D eigenvalue weighted by atomic mass is 9.92. The average molecular weight is 230 g/mol. The van der Waals surface area contributed by atoms with Gasteiger partial charge in [-0.1, -0.05) is 0 Å². The van der Waals surface area contributed by atoms with E-state index in [1.165, 1.54) is 12.8 Å². The zero-order valence-corrected chi connectivity index (χ0v) is 10.1. The van der Waals surface area contributed by atoms with Gasteiger partial charge in [-0.05, 0) is 37.8 Å². The van der Waals surface area contributed by atoms with E-state index in [-0.39, 0.29) is 6.04 Å². The molecule has 0 radical (unpaired) electrons. The summed E-state index contributed by atoms with van der Waals surface area (Å²) in [5, 5.41) is 8.71. The summed E-state index contributed by atoms with van der Waals surface area (Å²) in [5.41, 5.74) is 7.53. The summed E-state index contributed by atoms with van der Waals surface area (Å²) in [6.07, 6.45) is 4.16. The highest BCUT2D eigenvalue weighted by atomic mass is 15.1. The smallest absolute Gasteiger partial charge is 0.140 e. The maximum absolute atomic E-state index is 8.71.